The highest BCUT2D eigenvalue weighted by Gasteiger charge is 2.21. The molecule has 1 unspecified atom stereocenters. The smallest absolute Gasteiger partial charge is 0.0578 e. The lowest BCUT2D eigenvalue weighted by Gasteiger charge is -2.16. The predicted octanol–water partition coefficient (Wildman–Crippen LogP) is 3.37. The van der Waals surface area contributed by atoms with Crippen molar-refractivity contribution in [2.45, 2.75) is 18.9 Å². The van der Waals surface area contributed by atoms with E-state index in [0.29, 0.717) is 6.04 Å². The van der Waals surface area contributed by atoms with Crippen LogP contribution in [0.25, 0.3) is 0 Å². The summed E-state index contributed by atoms with van der Waals surface area (Å²) in [5.74, 6) is 0. The minimum Gasteiger partial charge on any atom is -0.397 e. The zero-order valence-electron chi connectivity index (χ0n) is 9.69. The third kappa shape index (κ3) is 1.86. The molecule has 2 nitrogen and oxygen atoms in total. The molecule has 86 valence electrons. The normalized spacial score (nSPS) is 17.8. The van der Waals surface area contributed by atoms with Crippen LogP contribution in [0.2, 0.25) is 0 Å². The number of nitrogens with two attached hydrogens (primary N) is 1. The Balaban J connectivity index is 1.87. The van der Waals surface area contributed by atoms with Crippen LogP contribution in [0, 0.1) is 0 Å². The summed E-state index contributed by atoms with van der Waals surface area (Å²) in [4.78, 5) is 0. The molecule has 0 radical (unpaired) electrons. The van der Waals surface area contributed by atoms with E-state index in [1.54, 1.807) is 0 Å². The molecule has 0 aromatic heterocycles. The van der Waals surface area contributed by atoms with E-state index in [9.17, 15) is 0 Å². The van der Waals surface area contributed by atoms with Gasteiger partial charge in [0.05, 0.1) is 17.4 Å². The summed E-state index contributed by atoms with van der Waals surface area (Å²) < 4.78 is 0. The lowest BCUT2D eigenvalue weighted by molar-refractivity contribution is 0.762. The number of hydrogen-bond acceptors (Lipinski definition) is 2. The first-order valence-electron chi connectivity index (χ1n) is 6.03. The van der Waals surface area contributed by atoms with Crippen molar-refractivity contribution in [1.82, 2.24) is 0 Å². The Morgan fingerprint density at radius 3 is 2.65 bits per heavy atom. The van der Waals surface area contributed by atoms with Crippen molar-refractivity contribution in [3.8, 4) is 0 Å². The zero-order valence-corrected chi connectivity index (χ0v) is 9.69. The van der Waals surface area contributed by atoms with Crippen LogP contribution in [-0.4, -0.2) is 0 Å². The molecule has 3 rings (SSSR count). The number of aryl methyl sites for hydroxylation is 1. The average Bonchev–Trinajstić information content (AvgIpc) is 2.76. The van der Waals surface area contributed by atoms with Gasteiger partial charge >= 0.3 is 0 Å². The van der Waals surface area contributed by atoms with Gasteiger partial charge in [-0.1, -0.05) is 36.4 Å². The second-order valence-corrected chi connectivity index (χ2v) is 4.52. The lowest BCUT2D eigenvalue weighted by atomic mass is 10.1. The van der Waals surface area contributed by atoms with Gasteiger partial charge in [0, 0.05) is 0 Å². The van der Waals surface area contributed by atoms with E-state index in [1.807, 2.05) is 24.3 Å². The van der Waals surface area contributed by atoms with Crippen LogP contribution in [0.15, 0.2) is 48.5 Å². The van der Waals surface area contributed by atoms with Crippen molar-refractivity contribution in [3.05, 3.63) is 59.7 Å². The highest BCUT2D eigenvalue weighted by Crippen LogP contribution is 2.34. The Labute approximate surface area is 101 Å². The van der Waals surface area contributed by atoms with Crippen LogP contribution in [0.4, 0.5) is 11.4 Å². The molecule has 1 aliphatic rings. The van der Waals surface area contributed by atoms with E-state index in [2.05, 4.69) is 29.6 Å². The maximum atomic E-state index is 5.96. The third-order valence-corrected chi connectivity index (χ3v) is 3.42. The molecule has 1 aliphatic carbocycles. The molecule has 1 atom stereocenters. The number of benzene rings is 2. The van der Waals surface area contributed by atoms with Gasteiger partial charge in [-0.2, -0.15) is 0 Å². The number of para-hydroxylation sites is 2. The quantitative estimate of drug-likeness (QED) is 0.767. The van der Waals surface area contributed by atoms with Gasteiger partial charge in [-0.05, 0) is 36.1 Å². The first kappa shape index (κ1) is 10.2. The van der Waals surface area contributed by atoms with Gasteiger partial charge in [0.2, 0.25) is 0 Å². The van der Waals surface area contributed by atoms with Crippen LogP contribution < -0.4 is 11.1 Å². The molecule has 0 spiro atoms. The molecule has 0 fully saturated rings. The molecular weight excluding hydrogens is 208 g/mol. The van der Waals surface area contributed by atoms with Crippen LogP contribution in [0.3, 0.4) is 0 Å². The monoisotopic (exact) mass is 224 g/mol. The first-order valence-corrected chi connectivity index (χ1v) is 6.03. The standard InChI is InChI=1S/C15H16N2/c16-13-7-3-4-8-15(13)17-14-10-9-11-5-1-2-6-12(11)14/h1-8,14,17H,9-10,16H2. The van der Waals surface area contributed by atoms with Gasteiger partial charge in [0.1, 0.15) is 0 Å². The highest BCUT2D eigenvalue weighted by atomic mass is 14.9. The van der Waals surface area contributed by atoms with E-state index in [1.165, 1.54) is 11.1 Å². The molecule has 17 heavy (non-hydrogen) atoms. The fraction of sp³-hybridized carbons (Fsp3) is 0.200. The van der Waals surface area contributed by atoms with E-state index in [0.717, 1.165) is 24.2 Å². The largest absolute Gasteiger partial charge is 0.397 e. The number of hydrogen-bond donors (Lipinski definition) is 2. The van der Waals surface area contributed by atoms with Crippen molar-refractivity contribution in [2.75, 3.05) is 11.1 Å². The molecule has 0 heterocycles. The Morgan fingerprint density at radius 2 is 1.76 bits per heavy atom. The van der Waals surface area contributed by atoms with Crippen LogP contribution in [0.5, 0.6) is 0 Å². The number of nitrogens with one attached hydrogen (secondary N) is 1. The van der Waals surface area contributed by atoms with Crippen molar-refractivity contribution < 1.29 is 0 Å². The van der Waals surface area contributed by atoms with Crippen molar-refractivity contribution in [2.24, 2.45) is 0 Å². The summed E-state index contributed by atoms with van der Waals surface area (Å²) in [7, 11) is 0. The maximum Gasteiger partial charge on any atom is 0.0578 e. The van der Waals surface area contributed by atoms with Gasteiger partial charge < -0.3 is 11.1 Å². The minimum atomic E-state index is 0.399. The second-order valence-electron chi connectivity index (χ2n) is 4.52. The van der Waals surface area contributed by atoms with Gasteiger partial charge in [-0.15, -0.1) is 0 Å². The van der Waals surface area contributed by atoms with Gasteiger partial charge in [-0.25, -0.2) is 0 Å². The molecule has 2 heteroatoms. The zero-order chi connectivity index (χ0) is 11.7. The Kier molecular flexibility index (Phi) is 2.48. The molecule has 2 aromatic carbocycles. The highest BCUT2D eigenvalue weighted by molar-refractivity contribution is 5.66. The van der Waals surface area contributed by atoms with Gasteiger partial charge in [0.25, 0.3) is 0 Å². The maximum absolute atomic E-state index is 5.96. The molecule has 0 saturated heterocycles. The molecule has 0 aliphatic heterocycles. The molecule has 0 saturated carbocycles. The summed E-state index contributed by atoms with van der Waals surface area (Å²) in [6, 6.07) is 17.0. The Bertz CT molecular complexity index is 534. The van der Waals surface area contributed by atoms with E-state index < -0.39 is 0 Å². The number of fused-ring (bicyclic) bond motifs is 1. The Morgan fingerprint density at radius 1 is 1.00 bits per heavy atom. The fourth-order valence-corrected chi connectivity index (χ4v) is 2.52. The molecule has 0 bridgehead atoms. The summed E-state index contributed by atoms with van der Waals surface area (Å²) in [5, 5.41) is 3.54. The van der Waals surface area contributed by atoms with Gasteiger partial charge in [0.15, 0.2) is 0 Å². The average molecular weight is 224 g/mol. The molecule has 0 amide bonds. The van der Waals surface area contributed by atoms with Crippen molar-refractivity contribution in [1.29, 1.82) is 0 Å². The van der Waals surface area contributed by atoms with Crippen LogP contribution >= 0.6 is 0 Å². The van der Waals surface area contributed by atoms with E-state index >= 15 is 0 Å². The van der Waals surface area contributed by atoms with Crippen LogP contribution in [0.1, 0.15) is 23.6 Å². The molecule has 3 N–H and O–H groups in total. The lowest BCUT2D eigenvalue weighted by Crippen LogP contribution is -2.08. The summed E-state index contributed by atoms with van der Waals surface area (Å²) >= 11 is 0. The van der Waals surface area contributed by atoms with E-state index in [-0.39, 0.29) is 0 Å². The number of nitrogen functional groups attached to an aromatic ring is 1. The predicted molar refractivity (Wildman–Crippen MR) is 72.0 cm³/mol. The SMILES string of the molecule is Nc1ccccc1NC1CCc2ccccc21. The topological polar surface area (TPSA) is 38.0 Å². The number of rotatable bonds is 2. The van der Waals surface area contributed by atoms with Gasteiger partial charge in [-0.3, -0.25) is 0 Å². The molecular formula is C15H16N2. The van der Waals surface area contributed by atoms with E-state index in [4.69, 9.17) is 5.73 Å². The summed E-state index contributed by atoms with van der Waals surface area (Å²) in [5.41, 5.74) is 10.7. The second kappa shape index (κ2) is 4.13. The first-order chi connectivity index (χ1) is 8.34. The third-order valence-electron chi connectivity index (χ3n) is 3.42. The van der Waals surface area contributed by atoms with Crippen LogP contribution in [-0.2, 0) is 6.42 Å². The summed E-state index contributed by atoms with van der Waals surface area (Å²) in [6.45, 7) is 0. The Hall–Kier alpha value is -1.96. The fourth-order valence-electron chi connectivity index (χ4n) is 2.52. The number of anilines is 2. The van der Waals surface area contributed by atoms with Crippen molar-refractivity contribution >= 4 is 11.4 Å². The van der Waals surface area contributed by atoms with Crippen molar-refractivity contribution in [3.63, 3.8) is 0 Å². The molecule has 2 aromatic rings. The minimum absolute atomic E-state index is 0.399. The summed E-state index contributed by atoms with van der Waals surface area (Å²) in [6.07, 6.45) is 2.30.